The van der Waals surface area contributed by atoms with Gasteiger partial charge < -0.3 is 20.2 Å². The van der Waals surface area contributed by atoms with Crippen molar-refractivity contribution < 1.29 is 18.3 Å². The molecule has 5 heterocycles. The lowest BCUT2D eigenvalue weighted by molar-refractivity contribution is -0.0880. The van der Waals surface area contributed by atoms with Gasteiger partial charge in [-0.1, -0.05) is 37.5 Å². The second-order valence-corrected chi connectivity index (χ2v) is 12.9. The number of hydrogen-bond acceptors (Lipinski definition) is 7. The van der Waals surface area contributed by atoms with Gasteiger partial charge in [-0.25, -0.2) is 23.1 Å². The number of rotatable bonds is 1. The van der Waals surface area contributed by atoms with Gasteiger partial charge in [-0.05, 0) is 83.7 Å². The predicted octanol–water partition coefficient (Wildman–Crippen LogP) is 6.77. The average molecular weight is 595 g/mol. The number of nitriles is 1. The first kappa shape index (κ1) is 29.9. The summed E-state index contributed by atoms with van der Waals surface area (Å²) < 4.78 is 47.6. The van der Waals surface area contributed by atoms with Crippen LogP contribution in [0.25, 0.3) is 6.08 Å². The van der Waals surface area contributed by atoms with Crippen LogP contribution >= 0.6 is 0 Å². The van der Waals surface area contributed by atoms with Gasteiger partial charge in [0.1, 0.15) is 23.8 Å². The van der Waals surface area contributed by atoms with Crippen LogP contribution in [0.2, 0.25) is 0 Å². The number of benzene rings is 1. The standard InChI is InChI=1S/C33H41F3N6O/c1-21-8-5-3-4-6-15-41-16-11-23(12-17-41)33(35,36)26-10-7-9-24(28(26)34)22(2)40-29-25-18-27(32(19-37)13-14-32)31(43)42(21)30(25)39-20-38-29/h7,9-10,18,20-23,31,43H,3-6,8,11-17H2,1-2H3,(H,38,39,40)/t21?,22-,31?/m1/s1. The van der Waals surface area contributed by atoms with Crippen molar-refractivity contribution in [3.8, 4) is 6.07 Å². The molecule has 230 valence electrons. The molecule has 1 aliphatic carbocycles. The Bertz CT molecular complexity index is 1410. The van der Waals surface area contributed by atoms with Crippen LogP contribution in [0.5, 0.6) is 0 Å². The highest BCUT2D eigenvalue weighted by Crippen LogP contribution is 2.55. The van der Waals surface area contributed by atoms with Gasteiger partial charge in [0.15, 0.2) is 6.23 Å². The molecule has 8 bridgehead atoms. The number of aromatic nitrogens is 2. The number of aliphatic hydroxyl groups excluding tert-OH is 1. The number of aliphatic hydroxyl groups is 1. The number of nitrogens with zero attached hydrogens (tertiary/aromatic N) is 5. The normalized spacial score (nSPS) is 30.3. The smallest absolute Gasteiger partial charge is 0.278 e. The molecule has 43 heavy (non-hydrogen) atoms. The van der Waals surface area contributed by atoms with E-state index in [1.807, 2.05) is 4.90 Å². The Morgan fingerprint density at radius 2 is 1.77 bits per heavy atom. The highest BCUT2D eigenvalue weighted by molar-refractivity contribution is 5.80. The first-order valence-corrected chi connectivity index (χ1v) is 15.8. The summed E-state index contributed by atoms with van der Waals surface area (Å²) in [6.07, 6.45) is 9.10. The Balaban J connectivity index is 1.40. The summed E-state index contributed by atoms with van der Waals surface area (Å²) in [5, 5.41) is 24.9. The molecular formula is C33H41F3N6O. The van der Waals surface area contributed by atoms with E-state index in [-0.39, 0.29) is 11.6 Å². The molecule has 0 radical (unpaired) electrons. The van der Waals surface area contributed by atoms with Crippen LogP contribution in [0.4, 0.5) is 24.8 Å². The number of halogens is 3. The molecule has 1 aromatic carbocycles. The fraction of sp³-hybridized carbons (Fsp3) is 0.606. The van der Waals surface area contributed by atoms with Crippen LogP contribution in [0.15, 0.2) is 30.1 Å². The predicted molar refractivity (Wildman–Crippen MR) is 160 cm³/mol. The summed E-state index contributed by atoms with van der Waals surface area (Å²) in [7, 11) is 0. The number of anilines is 2. The third kappa shape index (κ3) is 5.51. The third-order valence-electron chi connectivity index (χ3n) is 10.1. The second kappa shape index (κ2) is 11.7. The van der Waals surface area contributed by atoms with Crippen molar-refractivity contribution in [1.82, 2.24) is 14.9 Å². The van der Waals surface area contributed by atoms with Gasteiger partial charge >= 0.3 is 0 Å². The topological polar surface area (TPSA) is 88.3 Å². The molecule has 1 aromatic heterocycles. The number of alkyl halides is 2. The largest absolute Gasteiger partial charge is 0.369 e. The van der Waals surface area contributed by atoms with Crippen molar-refractivity contribution in [3.05, 3.63) is 52.6 Å². The van der Waals surface area contributed by atoms with Crippen LogP contribution in [-0.2, 0) is 5.92 Å². The molecule has 5 aliphatic rings. The van der Waals surface area contributed by atoms with E-state index in [0.717, 1.165) is 38.6 Å². The molecule has 2 aromatic rings. The van der Waals surface area contributed by atoms with Crippen molar-refractivity contribution in [2.75, 3.05) is 29.9 Å². The van der Waals surface area contributed by atoms with E-state index in [1.54, 1.807) is 13.0 Å². The van der Waals surface area contributed by atoms with Crippen molar-refractivity contribution >= 4 is 17.7 Å². The molecule has 0 spiro atoms. The van der Waals surface area contributed by atoms with Gasteiger partial charge in [-0.15, -0.1) is 0 Å². The van der Waals surface area contributed by atoms with Gasteiger partial charge in [0, 0.05) is 17.5 Å². The fourth-order valence-electron chi connectivity index (χ4n) is 7.19. The van der Waals surface area contributed by atoms with Gasteiger partial charge in [-0.2, -0.15) is 5.26 Å². The molecular weight excluding hydrogens is 553 g/mol. The third-order valence-corrected chi connectivity index (χ3v) is 10.1. The lowest BCUT2D eigenvalue weighted by atomic mass is 9.85. The Morgan fingerprint density at radius 1 is 1.02 bits per heavy atom. The maximum atomic E-state index is 16.0. The van der Waals surface area contributed by atoms with Crippen molar-refractivity contribution in [2.45, 2.75) is 95.9 Å². The highest BCUT2D eigenvalue weighted by atomic mass is 19.3. The average Bonchev–Trinajstić information content (AvgIpc) is 3.79. The van der Waals surface area contributed by atoms with Crippen LogP contribution in [0.3, 0.4) is 0 Å². The molecule has 2 N–H and O–H groups in total. The van der Waals surface area contributed by atoms with E-state index in [9.17, 15) is 10.4 Å². The first-order chi connectivity index (χ1) is 20.7. The minimum absolute atomic E-state index is 0.0587. The maximum absolute atomic E-state index is 16.0. The molecule has 7 nitrogen and oxygen atoms in total. The molecule has 1 saturated heterocycles. The minimum atomic E-state index is -3.28. The molecule has 4 aliphatic heterocycles. The number of hydrogen-bond donors (Lipinski definition) is 2. The Kier molecular flexibility index (Phi) is 8.16. The van der Waals surface area contributed by atoms with E-state index in [2.05, 4.69) is 33.2 Å². The monoisotopic (exact) mass is 594 g/mol. The van der Waals surface area contributed by atoms with Crippen molar-refractivity contribution in [3.63, 3.8) is 0 Å². The zero-order chi connectivity index (χ0) is 30.4. The lowest BCUT2D eigenvalue weighted by Crippen LogP contribution is -2.47. The summed E-state index contributed by atoms with van der Waals surface area (Å²) >= 11 is 0. The van der Waals surface area contributed by atoms with Gasteiger partial charge in [0.05, 0.1) is 28.7 Å². The summed E-state index contributed by atoms with van der Waals surface area (Å²) in [6, 6.07) is 5.91. The van der Waals surface area contributed by atoms with E-state index in [1.165, 1.54) is 24.5 Å². The van der Waals surface area contributed by atoms with E-state index in [4.69, 9.17) is 0 Å². The summed E-state index contributed by atoms with van der Waals surface area (Å²) in [5.74, 6) is -4.14. The summed E-state index contributed by atoms with van der Waals surface area (Å²) in [5.41, 5.74) is 0.0785. The zero-order valence-electron chi connectivity index (χ0n) is 25.0. The Hall–Kier alpha value is -3.16. The van der Waals surface area contributed by atoms with E-state index >= 15 is 13.2 Å². The molecule has 7 rings (SSSR count). The quantitative estimate of drug-likeness (QED) is 0.377. The first-order valence-electron chi connectivity index (χ1n) is 15.8. The molecule has 1 saturated carbocycles. The number of nitrogens with one attached hydrogen (secondary N) is 1. The minimum Gasteiger partial charge on any atom is -0.369 e. The van der Waals surface area contributed by atoms with Crippen molar-refractivity contribution in [2.24, 2.45) is 11.3 Å². The van der Waals surface area contributed by atoms with Crippen LogP contribution in [0, 0.1) is 28.5 Å². The van der Waals surface area contributed by atoms with Gasteiger partial charge in [0.25, 0.3) is 5.92 Å². The van der Waals surface area contributed by atoms with Gasteiger partial charge in [-0.3, -0.25) is 0 Å². The number of piperidine rings is 1. The molecule has 0 amide bonds. The Morgan fingerprint density at radius 3 is 2.49 bits per heavy atom. The van der Waals surface area contributed by atoms with Crippen LogP contribution in [0.1, 0.15) is 94.4 Å². The lowest BCUT2D eigenvalue weighted by Gasteiger charge is -2.41. The summed E-state index contributed by atoms with van der Waals surface area (Å²) in [4.78, 5) is 13.2. The molecule has 10 heteroatoms. The van der Waals surface area contributed by atoms with Crippen LogP contribution in [-0.4, -0.2) is 51.9 Å². The van der Waals surface area contributed by atoms with Gasteiger partial charge in [0.2, 0.25) is 0 Å². The maximum Gasteiger partial charge on any atom is 0.278 e. The SMILES string of the molecule is CC1CCCCCCN2CCC(CC2)C(F)(F)c2cccc(c2F)[C@@H](C)Nc2ncnc3c2C=C(C2(C#N)CC2)C(O)N31. The molecule has 2 fully saturated rings. The second-order valence-electron chi connectivity index (χ2n) is 12.9. The van der Waals surface area contributed by atoms with E-state index < -0.39 is 40.9 Å². The zero-order valence-corrected chi connectivity index (χ0v) is 25.0. The van der Waals surface area contributed by atoms with E-state index in [0.29, 0.717) is 61.5 Å². The molecule has 2 unspecified atom stereocenters. The van der Waals surface area contributed by atoms with Crippen LogP contribution < -0.4 is 10.2 Å². The molecule has 3 atom stereocenters. The number of fused-ring (bicyclic) bond motifs is 9. The highest BCUT2D eigenvalue weighted by Gasteiger charge is 2.52. The van der Waals surface area contributed by atoms with Crippen molar-refractivity contribution in [1.29, 1.82) is 5.26 Å². The summed E-state index contributed by atoms with van der Waals surface area (Å²) in [6.45, 7) is 5.87. The fourth-order valence-corrected chi connectivity index (χ4v) is 7.19. The Labute approximate surface area is 251 Å².